The molecule has 1 atom stereocenters. The van der Waals surface area contributed by atoms with Crippen LogP contribution < -0.4 is 5.32 Å². The lowest BCUT2D eigenvalue weighted by molar-refractivity contribution is 0.0900. The number of carbonyl (C=O) groups excluding carboxylic acids is 1. The lowest BCUT2D eigenvalue weighted by Gasteiger charge is -2.35. The highest BCUT2D eigenvalue weighted by atomic mass is 35.5. The molecule has 3 rings (SSSR count). The van der Waals surface area contributed by atoms with Gasteiger partial charge < -0.3 is 10.3 Å². The van der Waals surface area contributed by atoms with Crippen molar-refractivity contribution in [3.05, 3.63) is 35.0 Å². The molecule has 1 fully saturated rings. The summed E-state index contributed by atoms with van der Waals surface area (Å²) in [5.74, 6) is 0.554. The molecule has 2 aromatic rings. The van der Waals surface area contributed by atoms with Gasteiger partial charge in [-0.15, -0.1) is 0 Å². The van der Waals surface area contributed by atoms with Crippen molar-refractivity contribution in [1.29, 1.82) is 0 Å². The van der Waals surface area contributed by atoms with Gasteiger partial charge in [0.15, 0.2) is 0 Å². The topological polar surface area (TPSA) is 48.1 Å². The van der Waals surface area contributed by atoms with E-state index < -0.39 is 0 Å². The third-order valence-electron chi connectivity index (χ3n) is 5.34. The molecule has 6 heteroatoms. The number of hydrogen-bond acceptors (Lipinski definition) is 3. The molecule has 1 unspecified atom stereocenters. The number of halogens is 1. The Balaban J connectivity index is 1.69. The van der Waals surface area contributed by atoms with Gasteiger partial charge >= 0.3 is 0 Å². The van der Waals surface area contributed by atoms with Gasteiger partial charge in [-0.2, -0.15) is 0 Å². The Morgan fingerprint density at radius 2 is 2.15 bits per heavy atom. The molecule has 2 heterocycles. The number of carbonyl (C=O) groups is 1. The monoisotopic (exact) mass is 393 g/mol. The first-order chi connectivity index (χ1) is 12.6. The quantitative estimate of drug-likeness (QED) is 0.643. The minimum absolute atomic E-state index is 0.00859. The third-order valence-corrected chi connectivity index (χ3v) is 6.46. The van der Waals surface area contributed by atoms with Crippen molar-refractivity contribution in [3.63, 3.8) is 0 Å². The molecule has 0 radical (unpaired) electrons. The molecule has 2 N–H and O–H groups in total. The van der Waals surface area contributed by atoms with Crippen LogP contribution in [0.15, 0.2) is 24.3 Å². The molecule has 0 bridgehead atoms. The van der Waals surface area contributed by atoms with Gasteiger partial charge in [-0.1, -0.05) is 43.3 Å². The Morgan fingerprint density at radius 1 is 1.38 bits per heavy atom. The van der Waals surface area contributed by atoms with Crippen LogP contribution in [0.4, 0.5) is 0 Å². The van der Waals surface area contributed by atoms with Crippen LogP contribution in [0.2, 0.25) is 5.02 Å². The van der Waals surface area contributed by atoms with E-state index in [-0.39, 0.29) is 11.9 Å². The molecule has 1 aromatic carbocycles. The molecule has 1 saturated heterocycles. The number of benzene rings is 1. The molecular weight excluding hydrogens is 366 g/mol. The molecule has 0 saturated carbocycles. The highest BCUT2D eigenvalue weighted by Crippen LogP contribution is 2.27. The van der Waals surface area contributed by atoms with Crippen LogP contribution in [-0.4, -0.2) is 40.6 Å². The summed E-state index contributed by atoms with van der Waals surface area (Å²) in [5.41, 5.74) is 1.56. The molecule has 1 aliphatic heterocycles. The van der Waals surface area contributed by atoms with Crippen molar-refractivity contribution in [1.82, 2.24) is 14.6 Å². The molecule has 1 aliphatic rings. The van der Waals surface area contributed by atoms with Crippen LogP contribution in [0, 0.1) is 5.92 Å². The van der Waals surface area contributed by atoms with Crippen LogP contribution >= 0.6 is 23.5 Å². The molecule has 4 nitrogen and oxygen atoms in total. The van der Waals surface area contributed by atoms with Gasteiger partial charge in [0.25, 0.3) is 5.91 Å². The van der Waals surface area contributed by atoms with Crippen molar-refractivity contribution in [2.45, 2.75) is 45.1 Å². The van der Waals surface area contributed by atoms with E-state index >= 15 is 0 Å². The number of H-pyrrole nitrogens is 1. The van der Waals surface area contributed by atoms with Gasteiger partial charge in [0.05, 0.1) is 0 Å². The second-order valence-electron chi connectivity index (χ2n) is 7.09. The zero-order chi connectivity index (χ0) is 18.5. The summed E-state index contributed by atoms with van der Waals surface area (Å²) in [6, 6.07) is 7.79. The molecular formula is C20H28ClN3OS. The second-order valence-corrected chi connectivity index (χ2v) is 8.40. The smallest absolute Gasteiger partial charge is 0.267 e. The summed E-state index contributed by atoms with van der Waals surface area (Å²) in [6.45, 7) is 4.42. The Labute approximate surface area is 165 Å². The molecule has 142 valence electrons. The van der Waals surface area contributed by atoms with Gasteiger partial charge in [-0.3, -0.25) is 9.10 Å². The summed E-state index contributed by atoms with van der Waals surface area (Å²) in [5, 5.41) is 4.98. The number of unbranched alkanes of at least 4 members (excludes halogenated alkanes) is 1. The summed E-state index contributed by atoms with van der Waals surface area (Å²) in [6.07, 6.45) is 7.80. The van der Waals surface area contributed by atoms with Crippen molar-refractivity contribution in [3.8, 4) is 0 Å². The van der Waals surface area contributed by atoms with E-state index in [2.05, 4.69) is 27.8 Å². The minimum atomic E-state index is -0.00859. The lowest BCUT2D eigenvalue weighted by atomic mass is 9.87. The first kappa shape index (κ1) is 19.6. The zero-order valence-electron chi connectivity index (χ0n) is 15.6. The van der Waals surface area contributed by atoms with E-state index in [1.165, 1.54) is 0 Å². The van der Waals surface area contributed by atoms with E-state index in [1.807, 2.05) is 36.2 Å². The maximum Gasteiger partial charge on any atom is 0.267 e. The summed E-state index contributed by atoms with van der Waals surface area (Å²) >= 11 is 7.88. The molecule has 0 aliphatic carbocycles. The number of rotatable bonds is 7. The highest BCUT2D eigenvalue weighted by molar-refractivity contribution is 7.96. The van der Waals surface area contributed by atoms with E-state index in [4.69, 9.17) is 11.6 Å². The molecule has 1 amide bonds. The summed E-state index contributed by atoms with van der Waals surface area (Å²) in [4.78, 5) is 16.1. The largest absolute Gasteiger partial charge is 0.351 e. The fraction of sp³-hybridized carbons (Fsp3) is 0.550. The second kappa shape index (κ2) is 9.16. The fourth-order valence-electron chi connectivity index (χ4n) is 3.78. The number of hydrogen-bond donors (Lipinski definition) is 2. The first-order valence-corrected chi connectivity index (χ1v) is 11.0. The SMILES string of the molecule is CCCCC(NC(=O)c1cc2cc(Cl)ccc2[nH]1)C1CCN(SC)CC1. The Hall–Kier alpha value is -1.17. The standard InChI is InChI=1S/C20H28ClN3OS/c1-3-4-5-17(14-8-10-24(26-2)11-9-14)23-20(25)19-13-15-12-16(21)6-7-18(15)22-19/h6-7,12-14,17,22H,3-5,8-11H2,1-2H3,(H,23,25). The van der Waals surface area contributed by atoms with Gasteiger partial charge in [0.1, 0.15) is 5.69 Å². The highest BCUT2D eigenvalue weighted by Gasteiger charge is 2.27. The van der Waals surface area contributed by atoms with Gasteiger partial charge in [-0.05, 0) is 55.7 Å². The Bertz CT molecular complexity index is 740. The van der Waals surface area contributed by atoms with Crippen molar-refractivity contribution >= 4 is 40.4 Å². The van der Waals surface area contributed by atoms with Crippen LogP contribution in [0.25, 0.3) is 10.9 Å². The van der Waals surface area contributed by atoms with E-state index in [1.54, 1.807) is 0 Å². The van der Waals surface area contributed by atoms with Gasteiger partial charge in [0, 0.05) is 35.1 Å². The average Bonchev–Trinajstić information content (AvgIpc) is 3.08. The predicted molar refractivity (Wildman–Crippen MR) is 112 cm³/mol. The number of aromatic amines is 1. The maximum atomic E-state index is 12.8. The zero-order valence-corrected chi connectivity index (χ0v) is 17.1. The maximum absolute atomic E-state index is 12.8. The van der Waals surface area contributed by atoms with Gasteiger partial charge in [-0.25, -0.2) is 0 Å². The summed E-state index contributed by atoms with van der Waals surface area (Å²) < 4.78 is 2.41. The lowest BCUT2D eigenvalue weighted by Crippen LogP contribution is -2.44. The predicted octanol–water partition coefficient (Wildman–Crippen LogP) is 5.10. The molecule has 26 heavy (non-hydrogen) atoms. The van der Waals surface area contributed by atoms with Crippen molar-refractivity contribution in [2.75, 3.05) is 19.3 Å². The van der Waals surface area contributed by atoms with Gasteiger partial charge in [0.2, 0.25) is 0 Å². The Morgan fingerprint density at radius 3 is 2.85 bits per heavy atom. The Kier molecular flexibility index (Phi) is 6.90. The number of piperidine rings is 1. The third kappa shape index (κ3) is 4.76. The van der Waals surface area contributed by atoms with E-state index in [0.29, 0.717) is 16.6 Å². The van der Waals surface area contributed by atoms with Crippen LogP contribution in [0.3, 0.4) is 0 Å². The normalized spacial score (nSPS) is 17.5. The van der Waals surface area contributed by atoms with Crippen molar-refractivity contribution < 1.29 is 4.79 Å². The van der Waals surface area contributed by atoms with Crippen LogP contribution in [0.1, 0.15) is 49.5 Å². The summed E-state index contributed by atoms with van der Waals surface area (Å²) in [7, 11) is 0. The number of nitrogens with zero attached hydrogens (tertiary/aromatic N) is 1. The van der Waals surface area contributed by atoms with Crippen molar-refractivity contribution in [2.24, 2.45) is 5.92 Å². The van der Waals surface area contributed by atoms with Crippen LogP contribution in [0.5, 0.6) is 0 Å². The fourth-order valence-corrected chi connectivity index (χ4v) is 4.54. The number of nitrogens with one attached hydrogen (secondary N) is 2. The first-order valence-electron chi connectivity index (χ1n) is 9.49. The number of aromatic nitrogens is 1. The molecule has 1 aromatic heterocycles. The van der Waals surface area contributed by atoms with E-state index in [0.717, 1.165) is 56.1 Å². The van der Waals surface area contributed by atoms with E-state index in [9.17, 15) is 4.79 Å². The number of fused-ring (bicyclic) bond motifs is 1. The molecule has 0 spiro atoms. The van der Waals surface area contributed by atoms with Crippen LogP contribution in [-0.2, 0) is 0 Å². The minimum Gasteiger partial charge on any atom is -0.351 e. The average molecular weight is 394 g/mol. The number of amides is 1.